The summed E-state index contributed by atoms with van der Waals surface area (Å²) >= 11 is 0. The second-order valence-electron chi connectivity index (χ2n) is 7.16. The summed E-state index contributed by atoms with van der Waals surface area (Å²) < 4.78 is 26.7. The van der Waals surface area contributed by atoms with Crippen LogP contribution in [0.5, 0.6) is 0 Å². The van der Waals surface area contributed by atoms with Crippen LogP contribution in [0.1, 0.15) is 44.6 Å². The van der Waals surface area contributed by atoms with Crippen molar-refractivity contribution in [3.8, 4) is 0 Å². The first-order valence-corrected chi connectivity index (χ1v) is 9.08. The fourth-order valence-electron chi connectivity index (χ4n) is 3.10. The summed E-state index contributed by atoms with van der Waals surface area (Å²) in [6.45, 7) is 5.26. The smallest absolute Gasteiger partial charge is 0.239 e. The van der Waals surface area contributed by atoms with E-state index >= 15 is 0 Å². The van der Waals surface area contributed by atoms with Gasteiger partial charge in [0.2, 0.25) is 11.8 Å². The van der Waals surface area contributed by atoms with E-state index in [0.29, 0.717) is 30.9 Å². The van der Waals surface area contributed by atoms with Crippen molar-refractivity contribution in [2.45, 2.75) is 45.1 Å². The molecule has 3 N–H and O–H groups in total. The average molecular weight is 367 g/mol. The van der Waals surface area contributed by atoms with Crippen molar-refractivity contribution in [1.82, 2.24) is 16.0 Å². The predicted molar refractivity (Wildman–Crippen MR) is 95.6 cm³/mol. The van der Waals surface area contributed by atoms with Gasteiger partial charge in [-0.1, -0.05) is 19.9 Å². The van der Waals surface area contributed by atoms with E-state index in [1.54, 1.807) is 6.07 Å². The molecule has 0 spiro atoms. The van der Waals surface area contributed by atoms with Crippen LogP contribution in [0.3, 0.4) is 0 Å². The lowest BCUT2D eigenvalue weighted by atomic mass is 9.86. The van der Waals surface area contributed by atoms with Gasteiger partial charge in [0.1, 0.15) is 0 Å². The van der Waals surface area contributed by atoms with Crippen LogP contribution in [0, 0.1) is 17.6 Å². The van der Waals surface area contributed by atoms with E-state index in [1.165, 1.54) is 6.07 Å². The fraction of sp³-hybridized carbons (Fsp3) is 0.579. The Bertz CT molecular complexity index is 637. The Morgan fingerprint density at radius 3 is 2.69 bits per heavy atom. The second-order valence-corrected chi connectivity index (χ2v) is 7.16. The number of hydrogen-bond acceptors (Lipinski definition) is 3. The minimum atomic E-state index is -0.886. The summed E-state index contributed by atoms with van der Waals surface area (Å²) in [6.07, 6.45) is 1.88. The molecule has 1 aromatic carbocycles. The minimum absolute atomic E-state index is 0.0854. The number of amides is 2. The highest BCUT2D eigenvalue weighted by Gasteiger charge is 2.28. The van der Waals surface area contributed by atoms with Gasteiger partial charge >= 0.3 is 0 Å². The summed E-state index contributed by atoms with van der Waals surface area (Å²) in [5, 5.41) is 8.70. The van der Waals surface area contributed by atoms with Gasteiger partial charge in [0.05, 0.1) is 6.54 Å². The topological polar surface area (TPSA) is 70.2 Å². The normalized spacial score (nSPS) is 20.0. The molecule has 7 heteroatoms. The first-order chi connectivity index (χ1) is 12.4. The molecule has 1 saturated heterocycles. The highest BCUT2D eigenvalue weighted by molar-refractivity contribution is 5.84. The van der Waals surface area contributed by atoms with Crippen molar-refractivity contribution in [3.05, 3.63) is 35.4 Å². The standard InChI is InChI=1S/C19H27F2N3O2/c1-12(2)3-6-18(25)23-11-19(26)24-17-10-22-8-7-14(17)13-4-5-15(20)16(21)9-13/h4-5,9,12,14,17,22H,3,6-8,10-11H2,1-2H3,(H,23,25)(H,24,26). The van der Waals surface area contributed by atoms with E-state index in [1.807, 2.05) is 13.8 Å². The molecule has 1 heterocycles. The Kier molecular flexibility index (Phi) is 7.50. The van der Waals surface area contributed by atoms with Crippen molar-refractivity contribution in [2.24, 2.45) is 5.92 Å². The number of rotatable bonds is 7. The van der Waals surface area contributed by atoms with E-state index in [9.17, 15) is 18.4 Å². The highest BCUT2D eigenvalue weighted by Crippen LogP contribution is 2.26. The SMILES string of the molecule is CC(C)CCC(=O)NCC(=O)NC1CNCCC1c1ccc(F)c(F)c1. The summed E-state index contributed by atoms with van der Waals surface area (Å²) in [5.41, 5.74) is 0.664. The molecule has 1 fully saturated rings. The first kappa shape index (κ1) is 20.3. The molecule has 0 radical (unpaired) electrons. The third-order valence-electron chi connectivity index (χ3n) is 4.60. The van der Waals surface area contributed by atoms with Gasteiger partial charge in [-0.15, -0.1) is 0 Å². The van der Waals surface area contributed by atoms with Crippen LogP contribution in [-0.4, -0.2) is 37.5 Å². The third-order valence-corrected chi connectivity index (χ3v) is 4.60. The molecule has 0 aromatic heterocycles. The van der Waals surface area contributed by atoms with E-state index in [4.69, 9.17) is 0 Å². The molecule has 0 saturated carbocycles. The van der Waals surface area contributed by atoms with Gasteiger partial charge in [-0.05, 0) is 43.0 Å². The van der Waals surface area contributed by atoms with Gasteiger partial charge in [0.25, 0.3) is 0 Å². The molecule has 2 unspecified atom stereocenters. The summed E-state index contributed by atoms with van der Waals surface area (Å²) in [5.74, 6) is -1.88. The summed E-state index contributed by atoms with van der Waals surface area (Å²) in [4.78, 5) is 23.9. The molecule has 2 rings (SSSR count). The Balaban J connectivity index is 1.90. The number of piperidine rings is 1. The van der Waals surface area contributed by atoms with Gasteiger partial charge in [0.15, 0.2) is 11.6 Å². The quantitative estimate of drug-likeness (QED) is 0.691. The average Bonchev–Trinajstić information content (AvgIpc) is 2.61. The number of nitrogens with one attached hydrogen (secondary N) is 3. The zero-order valence-electron chi connectivity index (χ0n) is 15.3. The Morgan fingerprint density at radius 2 is 2.00 bits per heavy atom. The molecule has 0 bridgehead atoms. The van der Waals surface area contributed by atoms with Gasteiger partial charge in [0, 0.05) is 24.9 Å². The molecule has 144 valence electrons. The van der Waals surface area contributed by atoms with Crippen molar-refractivity contribution >= 4 is 11.8 Å². The highest BCUT2D eigenvalue weighted by atomic mass is 19.2. The molecule has 1 aromatic rings. The number of halogens is 2. The van der Waals surface area contributed by atoms with E-state index in [-0.39, 0.29) is 30.3 Å². The van der Waals surface area contributed by atoms with E-state index in [2.05, 4.69) is 16.0 Å². The Morgan fingerprint density at radius 1 is 1.23 bits per heavy atom. The summed E-state index contributed by atoms with van der Waals surface area (Å²) in [7, 11) is 0. The van der Waals surface area contributed by atoms with Crippen molar-refractivity contribution in [2.75, 3.05) is 19.6 Å². The lowest BCUT2D eigenvalue weighted by molar-refractivity contribution is -0.126. The molecular formula is C19H27F2N3O2. The third kappa shape index (κ3) is 6.05. The molecule has 0 aliphatic carbocycles. The molecule has 2 amide bonds. The van der Waals surface area contributed by atoms with Gasteiger partial charge in [-0.3, -0.25) is 9.59 Å². The molecule has 26 heavy (non-hydrogen) atoms. The maximum Gasteiger partial charge on any atom is 0.239 e. The zero-order valence-corrected chi connectivity index (χ0v) is 15.3. The largest absolute Gasteiger partial charge is 0.350 e. The number of carbonyl (C=O) groups is 2. The van der Waals surface area contributed by atoms with Gasteiger partial charge in [-0.25, -0.2) is 8.78 Å². The van der Waals surface area contributed by atoms with Crippen LogP contribution in [-0.2, 0) is 9.59 Å². The maximum absolute atomic E-state index is 13.5. The first-order valence-electron chi connectivity index (χ1n) is 9.08. The van der Waals surface area contributed by atoms with Crippen LogP contribution in [0.4, 0.5) is 8.78 Å². The fourth-order valence-corrected chi connectivity index (χ4v) is 3.10. The number of benzene rings is 1. The predicted octanol–water partition coefficient (Wildman–Crippen LogP) is 2.08. The van der Waals surface area contributed by atoms with Crippen LogP contribution < -0.4 is 16.0 Å². The van der Waals surface area contributed by atoms with E-state index < -0.39 is 11.6 Å². The lowest BCUT2D eigenvalue weighted by Crippen LogP contribution is -2.52. The molecule has 2 atom stereocenters. The molecule has 1 aliphatic rings. The Hall–Kier alpha value is -2.02. The second kappa shape index (κ2) is 9.62. The van der Waals surface area contributed by atoms with Crippen LogP contribution in [0.15, 0.2) is 18.2 Å². The number of hydrogen-bond donors (Lipinski definition) is 3. The Labute approximate surface area is 152 Å². The van der Waals surface area contributed by atoms with Crippen molar-refractivity contribution in [1.29, 1.82) is 0 Å². The van der Waals surface area contributed by atoms with E-state index in [0.717, 1.165) is 19.0 Å². The van der Waals surface area contributed by atoms with Crippen molar-refractivity contribution in [3.63, 3.8) is 0 Å². The van der Waals surface area contributed by atoms with Crippen LogP contribution in [0.25, 0.3) is 0 Å². The number of carbonyl (C=O) groups excluding carboxylic acids is 2. The van der Waals surface area contributed by atoms with Gasteiger partial charge in [-0.2, -0.15) is 0 Å². The summed E-state index contributed by atoms with van der Waals surface area (Å²) in [6, 6.07) is 3.62. The maximum atomic E-state index is 13.5. The van der Waals surface area contributed by atoms with Crippen LogP contribution in [0.2, 0.25) is 0 Å². The van der Waals surface area contributed by atoms with Gasteiger partial charge < -0.3 is 16.0 Å². The monoisotopic (exact) mass is 367 g/mol. The molecule has 1 aliphatic heterocycles. The van der Waals surface area contributed by atoms with Crippen LogP contribution >= 0.6 is 0 Å². The van der Waals surface area contributed by atoms with Crippen molar-refractivity contribution < 1.29 is 18.4 Å². The zero-order chi connectivity index (χ0) is 19.1. The molecular weight excluding hydrogens is 340 g/mol. The molecule has 5 nitrogen and oxygen atoms in total. The lowest BCUT2D eigenvalue weighted by Gasteiger charge is -2.33. The minimum Gasteiger partial charge on any atom is -0.350 e.